The van der Waals surface area contributed by atoms with E-state index in [1.54, 1.807) is 19.2 Å². The summed E-state index contributed by atoms with van der Waals surface area (Å²) in [6, 6.07) is 5.44. The highest BCUT2D eigenvalue weighted by Gasteiger charge is 2.14. The van der Waals surface area contributed by atoms with Gasteiger partial charge < -0.3 is 10.6 Å². The molecule has 2 N–H and O–H groups in total. The molecule has 19 heavy (non-hydrogen) atoms. The van der Waals surface area contributed by atoms with Gasteiger partial charge in [-0.3, -0.25) is 4.79 Å². The van der Waals surface area contributed by atoms with Crippen molar-refractivity contribution in [3.8, 4) is 0 Å². The summed E-state index contributed by atoms with van der Waals surface area (Å²) in [4.78, 5) is 12.2. The van der Waals surface area contributed by atoms with Crippen LogP contribution in [0.2, 0.25) is 5.02 Å². The Morgan fingerprint density at radius 3 is 2.53 bits per heavy atom. The van der Waals surface area contributed by atoms with Crippen LogP contribution in [0.15, 0.2) is 18.2 Å². The topological polar surface area (TPSA) is 41.1 Å². The Labute approximate surface area is 120 Å². The molecule has 4 heteroatoms. The summed E-state index contributed by atoms with van der Waals surface area (Å²) in [6.07, 6.45) is 2.09. The molecule has 0 saturated heterocycles. The maximum absolute atomic E-state index is 12.2. The Hall–Kier alpha value is -1.22. The molecule has 0 aliphatic heterocycles. The Morgan fingerprint density at radius 2 is 1.95 bits per heavy atom. The van der Waals surface area contributed by atoms with Crippen molar-refractivity contribution in [1.29, 1.82) is 0 Å². The molecule has 0 aromatic heterocycles. The zero-order chi connectivity index (χ0) is 14.4. The number of rotatable bonds is 6. The lowest BCUT2D eigenvalue weighted by atomic mass is 10.0. The first kappa shape index (κ1) is 15.8. The minimum absolute atomic E-state index is 0.0805. The summed E-state index contributed by atoms with van der Waals surface area (Å²) in [5.74, 6) is 0.571. The van der Waals surface area contributed by atoms with Crippen molar-refractivity contribution in [3.63, 3.8) is 0 Å². The molecule has 0 spiro atoms. The minimum atomic E-state index is -0.0805. The SMILES string of the molecule is CNc1ccc(Cl)cc1C(=O)NC(C)CCC(C)C. The quantitative estimate of drug-likeness (QED) is 0.830. The second kappa shape index (κ2) is 7.39. The zero-order valence-corrected chi connectivity index (χ0v) is 12.8. The molecule has 1 unspecified atom stereocenters. The Balaban J connectivity index is 2.69. The summed E-state index contributed by atoms with van der Waals surface area (Å²) < 4.78 is 0. The van der Waals surface area contributed by atoms with Gasteiger partial charge in [0.2, 0.25) is 0 Å². The highest BCUT2D eigenvalue weighted by atomic mass is 35.5. The highest BCUT2D eigenvalue weighted by Crippen LogP contribution is 2.20. The molecule has 106 valence electrons. The molecule has 0 fully saturated rings. The average Bonchev–Trinajstić information content (AvgIpc) is 2.36. The third kappa shape index (κ3) is 5.11. The first-order valence-corrected chi connectivity index (χ1v) is 7.10. The zero-order valence-electron chi connectivity index (χ0n) is 12.1. The maximum atomic E-state index is 12.2. The van der Waals surface area contributed by atoms with Crippen molar-refractivity contribution >= 4 is 23.2 Å². The van der Waals surface area contributed by atoms with Crippen molar-refractivity contribution < 1.29 is 4.79 Å². The monoisotopic (exact) mass is 282 g/mol. The van der Waals surface area contributed by atoms with E-state index < -0.39 is 0 Å². The molecule has 0 bridgehead atoms. The standard InChI is InChI=1S/C15H23ClN2O/c1-10(2)5-6-11(3)18-15(19)13-9-12(16)7-8-14(13)17-4/h7-11,17H,5-6H2,1-4H3,(H,18,19). The fourth-order valence-corrected chi connectivity index (χ4v) is 2.05. The number of carbonyl (C=O) groups excluding carboxylic acids is 1. The number of amides is 1. The van der Waals surface area contributed by atoms with Crippen molar-refractivity contribution in [2.24, 2.45) is 5.92 Å². The first-order valence-electron chi connectivity index (χ1n) is 6.72. The van der Waals surface area contributed by atoms with E-state index in [2.05, 4.69) is 24.5 Å². The smallest absolute Gasteiger partial charge is 0.253 e. The molecule has 0 saturated carbocycles. The Bertz CT molecular complexity index is 432. The van der Waals surface area contributed by atoms with Crippen LogP contribution in [0, 0.1) is 5.92 Å². The number of hydrogen-bond donors (Lipinski definition) is 2. The molecule has 1 rings (SSSR count). The average molecular weight is 283 g/mol. The van der Waals surface area contributed by atoms with E-state index in [0.717, 1.165) is 18.5 Å². The van der Waals surface area contributed by atoms with Gasteiger partial charge in [-0.15, -0.1) is 0 Å². The lowest BCUT2D eigenvalue weighted by Gasteiger charge is -2.16. The number of carbonyl (C=O) groups is 1. The molecule has 1 aromatic carbocycles. The molecule has 1 amide bonds. The summed E-state index contributed by atoms with van der Waals surface area (Å²) in [5.41, 5.74) is 1.38. The highest BCUT2D eigenvalue weighted by molar-refractivity contribution is 6.31. The van der Waals surface area contributed by atoms with E-state index in [1.807, 2.05) is 13.0 Å². The molecule has 1 aromatic rings. The summed E-state index contributed by atoms with van der Waals surface area (Å²) in [5, 5.41) is 6.59. The molecule has 1 atom stereocenters. The second-order valence-electron chi connectivity index (χ2n) is 5.29. The number of hydrogen-bond acceptors (Lipinski definition) is 2. The van der Waals surface area contributed by atoms with E-state index in [4.69, 9.17) is 11.6 Å². The van der Waals surface area contributed by atoms with Crippen LogP contribution in [0.5, 0.6) is 0 Å². The van der Waals surface area contributed by atoms with Crippen LogP contribution in [-0.4, -0.2) is 19.0 Å². The van der Waals surface area contributed by atoms with Gasteiger partial charge in [0.15, 0.2) is 0 Å². The van der Waals surface area contributed by atoms with E-state index >= 15 is 0 Å². The van der Waals surface area contributed by atoms with Gasteiger partial charge in [0.25, 0.3) is 5.91 Å². The van der Waals surface area contributed by atoms with E-state index in [0.29, 0.717) is 16.5 Å². The maximum Gasteiger partial charge on any atom is 0.253 e. The fourth-order valence-electron chi connectivity index (χ4n) is 1.88. The van der Waals surface area contributed by atoms with E-state index in [9.17, 15) is 4.79 Å². The van der Waals surface area contributed by atoms with Crippen molar-refractivity contribution in [2.75, 3.05) is 12.4 Å². The van der Waals surface area contributed by atoms with Crippen LogP contribution in [0.4, 0.5) is 5.69 Å². The molecule has 0 aliphatic carbocycles. The van der Waals surface area contributed by atoms with Gasteiger partial charge in [-0.05, 0) is 43.9 Å². The summed E-state index contributed by atoms with van der Waals surface area (Å²) in [7, 11) is 1.79. The van der Waals surface area contributed by atoms with Gasteiger partial charge in [0, 0.05) is 23.8 Å². The normalized spacial score (nSPS) is 12.3. The predicted molar refractivity (Wildman–Crippen MR) is 82.0 cm³/mol. The Morgan fingerprint density at radius 1 is 1.26 bits per heavy atom. The van der Waals surface area contributed by atoms with Gasteiger partial charge in [-0.25, -0.2) is 0 Å². The molecule has 0 radical (unpaired) electrons. The molecule has 3 nitrogen and oxygen atoms in total. The minimum Gasteiger partial charge on any atom is -0.387 e. The predicted octanol–water partition coefficient (Wildman–Crippen LogP) is 3.94. The molecule has 0 aliphatic rings. The molecule has 0 heterocycles. The first-order chi connectivity index (χ1) is 8.93. The third-order valence-electron chi connectivity index (χ3n) is 3.05. The van der Waals surface area contributed by atoms with Crippen molar-refractivity contribution in [3.05, 3.63) is 28.8 Å². The van der Waals surface area contributed by atoms with Crippen molar-refractivity contribution in [2.45, 2.75) is 39.7 Å². The molecular weight excluding hydrogens is 260 g/mol. The summed E-state index contributed by atoms with van der Waals surface area (Å²) >= 11 is 5.95. The van der Waals surface area contributed by atoms with Gasteiger partial charge in [0.1, 0.15) is 0 Å². The summed E-state index contributed by atoms with van der Waals surface area (Å²) in [6.45, 7) is 6.40. The van der Waals surface area contributed by atoms with Crippen LogP contribution < -0.4 is 10.6 Å². The number of anilines is 1. The fraction of sp³-hybridized carbons (Fsp3) is 0.533. The van der Waals surface area contributed by atoms with Gasteiger partial charge in [-0.2, -0.15) is 0 Å². The largest absolute Gasteiger partial charge is 0.387 e. The molecular formula is C15H23ClN2O. The van der Waals surface area contributed by atoms with E-state index in [1.165, 1.54) is 0 Å². The van der Waals surface area contributed by atoms with Gasteiger partial charge in [0.05, 0.1) is 5.56 Å². The van der Waals surface area contributed by atoms with Crippen LogP contribution in [0.1, 0.15) is 44.0 Å². The lowest BCUT2D eigenvalue weighted by molar-refractivity contribution is 0.0938. The van der Waals surface area contributed by atoms with Gasteiger partial charge in [-0.1, -0.05) is 25.4 Å². The van der Waals surface area contributed by atoms with Crippen LogP contribution in [0.3, 0.4) is 0 Å². The van der Waals surface area contributed by atoms with Crippen LogP contribution in [0.25, 0.3) is 0 Å². The van der Waals surface area contributed by atoms with Crippen molar-refractivity contribution in [1.82, 2.24) is 5.32 Å². The van der Waals surface area contributed by atoms with E-state index in [-0.39, 0.29) is 11.9 Å². The second-order valence-corrected chi connectivity index (χ2v) is 5.72. The van der Waals surface area contributed by atoms with Gasteiger partial charge >= 0.3 is 0 Å². The third-order valence-corrected chi connectivity index (χ3v) is 3.29. The lowest BCUT2D eigenvalue weighted by Crippen LogP contribution is -2.33. The van der Waals surface area contributed by atoms with Crippen LogP contribution >= 0.6 is 11.6 Å². The number of halogens is 1. The Kier molecular flexibility index (Phi) is 6.16. The van der Waals surface area contributed by atoms with Crippen LogP contribution in [-0.2, 0) is 0 Å². The number of nitrogens with one attached hydrogen (secondary N) is 2. The number of benzene rings is 1.